The molecule has 0 fully saturated rings. The van der Waals surface area contributed by atoms with Crippen molar-refractivity contribution in [2.45, 2.75) is 6.42 Å². The summed E-state index contributed by atoms with van der Waals surface area (Å²) >= 11 is 1.49. The summed E-state index contributed by atoms with van der Waals surface area (Å²) in [5, 5.41) is 10.7. The maximum atomic E-state index is 12.4. The second-order valence-electron chi connectivity index (χ2n) is 5.17. The van der Waals surface area contributed by atoms with Crippen LogP contribution in [-0.4, -0.2) is 10.2 Å². The van der Waals surface area contributed by atoms with Crippen molar-refractivity contribution in [2.24, 2.45) is 0 Å². The number of rotatable bonds is 4. The molecule has 6 heteroatoms. The second kappa shape index (κ2) is 5.90. The van der Waals surface area contributed by atoms with Crippen molar-refractivity contribution < 1.29 is 8.83 Å². The molecule has 0 N–H and O–H groups in total. The fourth-order valence-corrected chi connectivity index (χ4v) is 3.15. The fourth-order valence-electron chi connectivity index (χ4n) is 2.50. The van der Waals surface area contributed by atoms with Crippen LogP contribution in [-0.2, 0) is 6.42 Å². The van der Waals surface area contributed by atoms with E-state index < -0.39 is 5.63 Å². The Kier molecular flexibility index (Phi) is 3.59. The van der Waals surface area contributed by atoms with E-state index in [0.717, 1.165) is 15.8 Å². The van der Waals surface area contributed by atoms with Crippen molar-refractivity contribution in [1.29, 1.82) is 0 Å². The Bertz CT molecular complexity index is 1080. The van der Waals surface area contributed by atoms with Crippen molar-refractivity contribution in [3.63, 3.8) is 0 Å². The van der Waals surface area contributed by atoms with Gasteiger partial charge in [0.1, 0.15) is 11.1 Å². The van der Waals surface area contributed by atoms with Crippen LogP contribution in [0.15, 0.2) is 68.1 Å². The number of aromatic nitrogens is 2. The summed E-state index contributed by atoms with van der Waals surface area (Å²) in [5.41, 5.74) is 1.23. The molecular formula is C18H12N2O3S. The normalized spacial score (nSPS) is 11.0. The quantitative estimate of drug-likeness (QED) is 0.410. The number of fused-ring (bicyclic) bond motifs is 1. The first-order chi connectivity index (χ1) is 11.8. The number of para-hydroxylation sites is 1. The van der Waals surface area contributed by atoms with E-state index in [9.17, 15) is 4.79 Å². The van der Waals surface area contributed by atoms with Gasteiger partial charge in [-0.05, 0) is 29.5 Å². The van der Waals surface area contributed by atoms with Crippen molar-refractivity contribution in [2.75, 3.05) is 0 Å². The number of nitrogens with zero attached hydrogens (tertiary/aromatic N) is 2. The van der Waals surface area contributed by atoms with E-state index in [2.05, 4.69) is 16.8 Å². The number of benzene rings is 1. The Morgan fingerprint density at radius 3 is 2.79 bits per heavy atom. The maximum Gasteiger partial charge on any atom is 0.349 e. The first-order valence-corrected chi connectivity index (χ1v) is 8.18. The van der Waals surface area contributed by atoms with Crippen LogP contribution in [0.5, 0.6) is 0 Å². The standard InChI is InChI=1S/C18H12N2O3S/c1-2-5-11-6-3-7-12-10-13(18(21)22-15(11)12)16-19-20-17(23-16)14-8-4-9-24-14/h2-4,6-10H,1,5H2. The Morgan fingerprint density at radius 2 is 2.00 bits per heavy atom. The minimum atomic E-state index is -0.500. The van der Waals surface area contributed by atoms with Crippen LogP contribution in [0.2, 0.25) is 0 Å². The van der Waals surface area contributed by atoms with Gasteiger partial charge in [0.2, 0.25) is 0 Å². The average molecular weight is 336 g/mol. The van der Waals surface area contributed by atoms with Gasteiger partial charge in [-0.2, -0.15) is 0 Å². The third kappa shape index (κ3) is 2.47. The van der Waals surface area contributed by atoms with Crippen LogP contribution >= 0.6 is 11.3 Å². The third-order valence-corrected chi connectivity index (χ3v) is 4.45. The lowest BCUT2D eigenvalue weighted by atomic mass is 10.1. The van der Waals surface area contributed by atoms with Crippen molar-refractivity contribution in [3.05, 3.63) is 70.4 Å². The molecule has 0 spiro atoms. The largest absolute Gasteiger partial charge is 0.422 e. The lowest BCUT2D eigenvalue weighted by Gasteiger charge is -2.03. The van der Waals surface area contributed by atoms with Gasteiger partial charge in [-0.1, -0.05) is 30.3 Å². The second-order valence-corrected chi connectivity index (χ2v) is 6.11. The molecule has 24 heavy (non-hydrogen) atoms. The minimum Gasteiger partial charge on any atom is -0.422 e. The summed E-state index contributed by atoms with van der Waals surface area (Å²) in [5.74, 6) is 0.545. The summed E-state index contributed by atoms with van der Waals surface area (Å²) in [4.78, 5) is 13.2. The van der Waals surface area contributed by atoms with Gasteiger partial charge in [0.15, 0.2) is 0 Å². The number of hydrogen-bond donors (Lipinski definition) is 0. The van der Waals surface area contributed by atoms with Gasteiger partial charge < -0.3 is 8.83 Å². The molecule has 0 aliphatic carbocycles. The highest BCUT2D eigenvalue weighted by atomic mass is 32.1. The van der Waals surface area contributed by atoms with Crippen molar-refractivity contribution >= 4 is 22.3 Å². The van der Waals surface area contributed by atoms with E-state index in [1.807, 2.05) is 35.7 Å². The lowest BCUT2D eigenvalue weighted by Crippen LogP contribution is -2.04. The molecular weight excluding hydrogens is 324 g/mol. The van der Waals surface area contributed by atoms with E-state index in [1.165, 1.54) is 11.3 Å². The zero-order valence-corrected chi connectivity index (χ0v) is 13.4. The summed E-state index contributed by atoms with van der Waals surface area (Å²) in [6.45, 7) is 3.73. The Labute approximate surface area is 140 Å². The lowest BCUT2D eigenvalue weighted by molar-refractivity contribution is 0.545. The first kappa shape index (κ1) is 14.6. The average Bonchev–Trinajstić information content (AvgIpc) is 3.26. The predicted octanol–water partition coefficient (Wildman–Crippen LogP) is 4.30. The topological polar surface area (TPSA) is 69.1 Å². The van der Waals surface area contributed by atoms with Crippen LogP contribution < -0.4 is 5.63 Å². The SMILES string of the molecule is C=CCc1cccc2cc(-c3nnc(-c4cccs4)o3)c(=O)oc12. The minimum absolute atomic E-state index is 0.156. The Balaban J connectivity index is 1.84. The highest BCUT2D eigenvalue weighted by Crippen LogP contribution is 2.27. The molecule has 4 aromatic rings. The van der Waals surface area contributed by atoms with Crippen LogP contribution in [0.25, 0.3) is 33.2 Å². The van der Waals surface area contributed by atoms with Crippen LogP contribution in [0, 0.1) is 0 Å². The molecule has 3 aromatic heterocycles. The summed E-state index contributed by atoms with van der Waals surface area (Å²) in [6, 6.07) is 11.2. The zero-order chi connectivity index (χ0) is 16.5. The van der Waals surface area contributed by atoms with E-state index >= 15 is 0 Å². The molecule has 3 heterocycles. The number of thiophene rings is 1. The summed E-state index contributed by atoms with van der Waals surface area (Å²) in [7, 11) is 0. The molecule has 4 rings (SSSR count). The molecule has 0 amide bonds. The molecule has 0 saturated carbocycles. The predicted molar refractivity (Wildman–Crippen MR) is 93.0 cm³/mol. The third-order valence-electron chi connectivity index (χ3n) is 3.59. The van der Waals surface area contributed by atoms with Gasteiger partial charge in [-0.3, -0.25) is 0 Å². The molecule has 0 unspecified atom stereocenters. The van der Waals surface area contributed by atoms with E-state index in [-0.39, 0.29) is 11.5 Å². The molecule has 0 radical (unpaired) electrons. The maximum absolute atomic E-state index is 12.4. The number of allylic oxidation sites excluding steroid dienone is 1. The molecule has 118 valence electrons. The Morgan fingerprint density at radius 1 is 1.12 bits per heavy atom. The Hall–Kier alpha value is -2.99. The smallest absolute Gasteiger partial charge is 0.349 e. The van der Waals surface area contributed by atoms with Gasteiger partial charge in [0.25, 0.3) is 11.8 Å². The molecule has 0 bridgehead atoms. The van der Waals surface area contributed by atoms with E-state index in [0.29, 0.717) is 17.9 Å². The van der Waals surface area contributed by atoms with Gasteiger partial charge in [0.05, 0.1) is 4.88 Å². The van der Waals surface area contributed by atoms with Crippen LogP contribution in [0.1, 0.15) is 5.56 Å². The number of hydrogen-bond acceptors (Lipinski definition) is 6. The van der Waals surface area contributed by atoms with E-state index in [1.54, 1.807) is 12.1 Å². The van der Waals surface area contributed by atoms with Gasteiger partial charge in [-0.25, -0.2) is 4.79 Å². The molecule has 5 nitrogen and oxygen atoms in total. The summed E-state index contributed by atoms with van der Waals surface area (Å²) < 4.78 is 11.1. The van der Waals surface area contributed by atoms with Gasteiger partial charge in [-0.15, -0.1) is 28.1 Å². The van der Waals surface area contributed by atoms with Crippen molar-refractivity contribution in [1.82, 2.24) is 10.2 Å². The first-order valence-electron chi connectivity index (χ1n) is 7.30. The fraction of sp³-hybridized carbons (Fsp3) is 0.0556. The molecule has 0 aliphatic heterocycles. The van der Waals surface area contributed by atoms with E-state index in [4.69, 9.17) is 8.83 Å². The monoisotopic (exact) mass is 336 g/mol. The highest BCUT2D eigenvalue weighted by Gasteiger charge is 2.17. The van der Waals surface area contributed by atoms with Crippen LogP contribution in [0.4, 0.5) is 0 Å². The summed E-state index contributed by atoms with van der Waals surface area (Å²) in [6.07, 6.45) is 2.40. The van der Waals surface area contributed by atoms with Gasteiger partial charge in [0, 0.05) is 5.39 Å². The van der Waals surface area contributed by atoms with Gasteiger partial charge >= 0.3 is 5.63 Å². The molecule has 0 atom stereocenters. The molecule has 0 aliphatic rings. The molecule has 0 saturated heterocycles. The molecule has 1 aromatic carbocycles. The van der Waals surface area contributed by atoms with Crippen LogP contribution in [0.3, 0.4) is 0 Å². The highest BCUT2D eigenvalue weighted by molar-refractivity contribution is 7.13. The van der Waals surface area contributed by atoms with Crippen molar-refractivity contribution in [3.8, 4) is 22.2 Å². The zero-order valence-electron chi connectivity index (χ0n) is 12.6.